The summed E-state index contributed by atoms with van der Waals surface area (Å²) < 4.78 is 0.760. The lowest BCUT2D eigenvalue weighted by molar-refractivity contribution is 0.0764. The van der Waals surface area contributed by atoms with Crippen LogP contribution in [0.15, 0.2) is 22.7 Å². The molecule has 1 aromatic rings. The highest BCUT2D eigenvalue weighted by Crippen LogP contribution is 2.22. The van der Waals surface area contributed by atoms with Crippen LogP contribution >= 0.6 is 39.1 Å². The van der Waals surface area contributed by atoms with E-state index in [9.17, 15) is 4.79 Å². The van der Waals surface area contributed by atoms with E-state index in [1.807, 2.05) is 6.92 Å². The fraction of sp³-hybridized carbons (Fsp3) is 0.417. The maximum Gasteiger partial charge on any atom is 0.255 e. The summed E-state index contributed by atoms with van der Waals surface area (Å²) in [7, 11) is 0. The van der Waals surface area contributed by atoms with Crippen molar-refractivity contribution < 1.29 is 4.79 Å². The largest absolute Gasteiger partial charge is 0.339 e. The van der Waals surface area contributed by atoms with E-state index in [2.05, 4.69) is 15.9 Å². The van der Waals surface area contributed by atoms with Crippen LogP contribution in [-0.2, 0) is 0 Å². The van der Waals surface area contributed by atoms with E-state index >= 15 is 0 Å². The second kappa shape index (κ2) is 7.24. The molecule has 0 unspecified atom stereocenters. The van der Waals surface area contributed by atoms with E-state index in [1.54, 1.807) is 23.1 Å². The van der Waals surface area contributed by atoms with Gasteiger partial charge in [-0.15, -0.1) is 11.6 Å². The van der Waals surface area contributed by atoms with E-state index in [1.165, 1.54) is 0 Å². The molecule has 0 heterocycles. The van der Waals surface area contributed by atoms with Gasteiger partial charge in [0.05, 0.1) is 5.56 Å². The van der Waals surface area contributed by atoms with Crippen LogP contribution in [0.4, 0.5) is 0 Å². The van der Waals surface area contributed by atoms with Crippen LogP contribution in [0.25, 0.3) is 0 Å². The fourth-order valence-corrected chi connectivity index (χ4v) is 2.19. The Morgan fingerprint density at radius 1 is 1.47 bits per heavy atom. The van der Waals surface area contributed by atoms with Gasteiger partial charge in [-0.2, -0.15) is 0 Å². The molecule has 0 aliphatic rings. The smallest absolute Gasteiger partial charge is 0.255 e. The van der Waals surface area contributed by atoms with Crippen LogP contribution in [0.1, 0.15) is 23.7 Å². The van der Waals surface area contributed by atoms with Crippen LogP contribution < -0.4 is 0 Å². The second-order valence-corrected chi connectivity index (χ2v) is 5.22. The van der Waals surface area contributed by atoms with Gasteiger partial charge >= 0.3 is 0 Å². The Morgan fingerprint density at radius 3 is 2.76 bits per heavy atom. The summed E-state index contributed by atoms with van der Waals surface area (Å²) >= 11 is 14.9. The van der Waals surface area contributed by atoms with Crippen molar-refractivity contribution in [3.05, 3.63) is 33.3 Å². The lowest BCUT2D eigenvalue weighted by atomic mass is 10.2. The molecule has 1 rings (SSSR count). The Labute approximate surface area is 120 Å². The Bertz CT molecular complexity index is 398. The van der Waals surface area contributed by atoms with E-state index in [4.69, 9.17) is 23.2 Å². The highest BCUT2D eigenvalue weighted by atomic mass is 79.9. The molecular weight excluding hydrogens is 325 g/mol. The number of rotatable bonds is 5. The van der Waals surface area contributed by atoms with Gasteiger partial charge in [0.1, 0.15) is 0 Å². The molecule has 0 N–H and O–H groups in total. The first-order valence-corrected chi connectivity index (χ1v) is 7.11. The van der Waals surface area contributed by atoms with E-state index < -0.39 is 0 Å². The van der Waals surface area contributed by atoms with Crippen LogP contribution in [0.2, 0.25) is 5.02 Å². The highest BCUT2D eigenvalue weighted by molar-refractivity contribution is 9.10. The molecule has 17 heavy (non-hydrogen) atoms. The Morgan fingerprint density at radius 2 is 2.18 bits per heavy atom. The molecule has 2 nitrogen and oxygen atoms in total. The van der Waals surface area contributed by atoms with Crippen molar-refractivity contribution in [1.82, 2.24) is 4.90 Å². The van der Waals surface area contributed by atoms with Gasteiger partial charge < -0.3 is 4.90 Å². The minimum Gasteiger partial charge on any atom is -0.339 e. The zero-order chi connectivity index (χ0) is 12.8. The lowest BCUT2D eigenvalue weighted by Crippen LogP contribution is -2.32. The van der Waals surface area contributed by atoms with Gasteiger partial charge in [0.25, 0.3) is 5.91 Å². The topological polar surface area (TPSA) is 20.3 Å². The number of hydrogen-bond donors (Lipinski definition) is 0. The zero-order valence-corrected chi connectivity index (χ0v) is 12.6. The van der Waals surface area contributed by atoms with Gasteiger partial charge in [0.2, 0.25) is 0 Å². The molecular formula is C12H14BrCl2NO. The molecule has 1 amide bonds. The average Bonchev–Trinajstić information content (AvgIpc) is 2.33. The monoisotopic (exact) mass is 337 g/mol. The van der Waals surface area contributed by atoms with Gasteiger partial charge in [0.15, 0.2) is 0 Å². The third kappa shape index (κ3) is 4.16. The summed E-state index contributed by atoms with van der Waals surface area (Å²) in [4.78, 5) is 14.0. The molecule has 0 bridgehead atoms. The van der Waals surface area contributed by atoms with Crippen LogP contribution in [0, 0.1) is 0 Å². The maximum absolute atomic E-state index is 12.2. The van der Waals surface area contributed by atoms with Gasteiger partial charge in [-0.3, -0.25) is 4.79 Å². The predicted octanol–water partition coefficient (Wildman–Crippen LogP) is 4.19. The SMILES string of the molecule is CCN(CCCCl)C(=O)c1cc(Cl)ccc1Br. The van der Waals surface area contributed by atoms with E-state index in [-0.39, 0.29) is 5.91 Å². The number of carbonyl (C=O) groups is 1. The Kier molecular flexibility index (Phi) is 6.31. The molecule has 0 saturated heterocycles. The number of hydrogen-bond acceptors (Lipinski definition) is 1. The molecule has 0 atom stereocenters. The molecule has 94 valence electrons. The van der Waals surface area contributed by atoms with Crippen LogP contribution in [0.3, 0.4) is 0 Å². The minimum absolute atomic E-state index is 0.0213. The molecule has 0 saturated carbocycles. The normalized spacial score (nSPS) is 10.4. The Hall–Kier alpha value is -0.250. The van der Waals surface area contributed by atoms with Gasteiger partial charge in [-0.1, -0.05) is 11.6 Å². The summed E-state index contributed by atoms with van der Waals surface area (Å²) in [6.07, 6.45) is 0.791. The molecule has 5 heteroatoms. The molecule has 0 spiro atoms. The summed E-state index contributed by atoms with van der Waals surface area (Å²) in [5, 5.41) is 0.560. The molecule has 0 aromatic heterocycles. The lowest BCUT2D eigenvalue weighted by Gasteiger charge is -2.21. The second-order valence-electron chi connectivity index (χ2n) is 3.55. The number of carbonyl (C=O) groups excluding carboxylic acids is 1. The third-order valence-electron chi connectivity index (χ3n) is 2.39. The molecule has 0 fully saturated rings. The average molecular weight is 339 g/mol. The maximum atomic E-state index is 12.2. The van der Waals surface area contributed by atoms with Crippen molar-refractivity contribution in [1.29, 1.82) is 0 Å². The van der Waals surface area contributed by atoms with Crippen molar-refractivity contribution in [3.63, 3.8) is 0 Å². The van der Waals surface area contributed by atoms with Crippen molar-refractivity contribution in [2.24, 2.45) is 0 Å². The van der Waals surface area contributed by atoms with Crippen molar-refractivity contribution in [2.75, 3.05) is 19.0 Å². The number of benzene rings is 1. The van der Waals surface area contributed by atoms with Gasteiger partial charge in [0, 0.05) is 28.5 Å². The predicted molar refractivity (Wildman–Crippen MR) is 76.1 cm³/mol. The standard InChI is InChI=1S/C12H14BrCl2NO/c1-2-16(7-3-6-14)12(17)10-8-9(15)4-5-11(10)13/h4-5,8H,2-3,6-7H2,1H3. The molecule has 0 aliphatic carbocycles. The minimum atomic E-state index is -0.0213. The zero-order valence-electron chi connectivity index (χ0n) is 9.55. The summed E-state index contributed by atoms with van der Waals surface area (Å²) in [6.45, 7) is 3.27. The number of amides is 1. The number of halogens is 3. The van der Waals surface area contributed by atoms with Gasteiger partial charge in [-0.05, 0) is 47.5 Å². The molecule has 1 aromatic carbocycles. The van der Waals surface area contributed by atoms with Gasteiger partial charge in [-0.25, -0.2) is 0 Å². The quantitative estimate of drug-likeness (QED) is 0.737. The molecule has 0 aliphatic heterocycles. The van der Waals surface area contributed by atoms with Crippen LogP contribution in [-0.4, -0.2) is 29.8 Å². The molecule has 0 radical (unpaired) electrons. The van der Waals surface area contributed by atoms with Crippen molar-refractivity contribution >= 4 is 45.0 Å². The number of nitrogens with zero attached hydrogens (tertiary/aromatic N) is 1. The fourth-order valence-electron chi connectivity index (χ4n) is 1.49. The first kappa shape index (κ1) is 14.8. The van der Waals surface area contributed by atoms with Crippen molar-refractivity contribution in [2.45, 2.75) is 13.3 Å². The first-order valence-electron chi connectivity index (χ1n) is 5.40. The first-order chi connectivity index (χ1) is 8.10. The highest BCUT2D eigenvalue weighted by Gasteiger charge is 2.16. The van der Waals surface area contributed by atoms with E-state index in [0.29, 0.717) is 29.6 Å². The third-order valence-corrected chi connectivity index (χ3v) is 3.58. The Balaban J connectivity index is 2.89. The summed E-state index contributed by atoms with van der Waals surface area (Å²) in [6, 6.07) is 5.21. The summed E-state index contributed by atoms with van der Waals surface area (Å²) in [5.74, 6) is 0.535. The number of alkyl halides is 1. The summed E-state index contributed by atoms with van der Waals surface area (Å²) in [5.41, 5.74) is 0.592. The van der Waals surface area contributed by atoms with Crippen molar-refractivity contribution in [3.8, 4) is 0 Å². The van der Waals surface area contributed by atoms with Crippen LogP contribution in [0.5, 0.6) is 0 Å². The van der Waals surface area contributed by atoms with E-state index in [0.717, 1.165) is 10.9 Å².